The number of unbranched alkanes of at least 4 members (excludes halogenated alkanes) is 19. The lowest BCUT2D eigenvalue weighted by molar-refractivity contribution is -0.167. The normalized spacial score (nSPS) is 27.1. The van der Waals surface area contributed by atoms with E-state index in [1.165, 1.54) is 89.9 Å². The van der Waals surface area contributed by atoms with Gasteiger partial charge in [-0.15, -0.1) is 0 Å². The largest absolute Gasteiger partial charge is 0.462 e. The number of ether oxygens (including phenoxy) is 8. The van der Waals surface area contributed by atoms with E-state index in [0.29, 0.717) is 86.2 Å². The molecule has 12 atom stereocenters. The fourth-order valence-electron chi connectivity index (χ4n) is 10.6. The van der Waals surface area contributed by atoms with Gasteiger partial charge in [0, 0.05) is 25.7 Å². The molecule has 400 valence electrons. The summed E-state index contributed by atoms with van der Waals surface area (Å²) >= 11 is 0. The Morgan fingerprint density at radius 2 is 0.739 bits per heavy atom. The molecule has 5 aliphatic rings. The third kappa shape index (κ3) is 27.2. The van der Waals surface area contributed by atoms with Crippen molar-refractivity contribution in [1.82, 2.24) is 0 Å². The predicted molar refractivity (Wildman–Crippen MR) is 272 cm³/mol. The molecule has 11 heteroatoms. The van der Waals surface area contributed by atoms with Gasteiger partial charge in [0.05, 0.1) is 61.0 Å². The standard InChI is InChI=1S/C58H102O11/c1-5-8-10-11-15-23-31-47-48(66-47)32-24-17-14-21-29-37-58(61)64-45(43-63-57(60)36-28-20-13-18-26-34-51-55(69-51)41-54-50(68-54)30-22-9-6-2)42-62-56(59)35-27-19-12-16-25-33-49-52(67-49)39-38-44(4)40-53-46(7-3)65-53/h44-55H,5-43H2,1-4H3. The summed E-state index contributed by atoms with van der Waals surface area (Å²) < 4.78 is 46.3. The fraction of sp³-hybridized carbons (Fsp3) is 0.948. The van der Waals surface area contributed by atoms with Crippen molar-refractivity contribution < 1.29 is 52.3 Å². The predicted octanol–water partition coefficient (Wildman–Crippen LogP) is 14.0. The number of epoxide rings is 5. The second kappa shape index (κ2) is 34.6. The van der Waals surface area contributed by atoms with E-state index in [4.69, 9.17) is 37.9 Å². The molecule has 5 rings (SSSR count). The zero-order valence-corrected chi connectivity index (χ0v) is 44.5. The maximum Gasteiger partial charge on any atom is 0.306 e. The molecule has 5 saturated heterocycles. The summed E-state index contributed by atoms with van der Waals surface area (Å²) in [6.45, 7) is 8.84. The molecule has 0 aromatic carbocycles. The highest BCUT2D eigenvalue weighted by Crippen LogP contribution is 2.40. The van der Waals surface area contributed by atoms with Crippen molar-refractivity contribution in [2.45, 2.75) is 332 Å². The Bertz CT molecular complexity index is 1380. The highest BCUT2D eigenvalue weighted by Gasteiger charge is 2.47. The van der Waals surface area contributed by atoms with Crippen molar-refractivity contribution in [3.63, 3.8) is 0 Å². The van der Waals surface area contributed by atoms with E-state index in [1.807, 2.05) is 0 Å². The number of hydrogen-bond donors (Lipinski definition) is 0. The first kappa shape index (κ1) is 58.1. The molecule has 5 aliphatic heterocycles. The van der Waals surface area contributed by atoms with E-state index < -0.39 is 6.10 Å². The van der Waals surface area contributed by atoms with E-state index >= 15 is 0 Å². The zero-order valence-electron chi connectivity index (χ0n) is 44.5. The molecule has 0 aromatic rings. The molecule has 0 spiro atoms. The van der Waals surface area contributed by atoms with Gasteiger partial charge in [-0.25, -0.2) is 0 Å². The van der Waals surface area contributed by atoms with Gasteiger partial charge in [-0.05, 0) is 83.0 Å². The number of rotatable bonds is 48. The van der Waals surface area contributed by atoms with Crippen LogP contribution in [0.4, 0.5) is 0 Å². The van der Waals surface area contributed by atoms with Crippen molar-refractivity contribution in [3.8, 4) is 0 Å². The summed E-state index contributed by atoms with van der Waals surface area (Å²) in [5.74, 6) is -0.249. The minimum Gasteiger partial charge on any atom is -0.462 e. The van der Waals surface area contributed by atoms with Gasteiger partial charge in [0.15, 0.2) is 6.10 Å². The average Bonchev–Trinajstić information content (AvgIpc) is 4.07. The topological polar surface area (TPSA) is 142 Å². The van der Waals surface area contributed by atoms with Crippen LogP contribution < -0.4 is 0 Å². The third-order valence-corrected chi connectivity index (χ3v) is 15.6. The van der Waals surface area contributed by atoms with Gasteiger partial charge in [-0.1, -0.05) is 163 Å². The van der Waals surface area contributed by atoms with Crippen LogP contribution in [0, 0.1) is 5.92 Å². The Hall–Kier alpha value is -1.79. The zero-order chi connectivity index (χ0) is 48.9. The summed E-state index contributed by atoms with van der Waals surface area (Å²) in [7, 11) is 0. The molecular weight excluding hydrogens is 873 g/mol. The van der Waals surface area contributed by atoms with Gasteiger partial charge in [-0.2, -0.15) is 0 Å². The lowest BCUT2D eigenvalue weighted by Crippen LogP contribution is -2.30. The van der Waals surface area contributed by atoms with Gasteiger partial charge in [-0.3, -0.25) is 14.4 Å². The van der Waals surface area contributed by atoms with Gasteiger partial charge in [0.25, 0.3) is 0 Å². The highest BCUT2D eigenvalue weighted by atomic mass is 16.6. The van der Waals surface area contributed by atoms with Gasteiger partial charge in [0.1, 0.15) is 13.2 Å². The summed E-state index contributed by atoms with van der Waals surface area (Å²) in [4.78, 5) is 38.4. The summed E-state index contributed by atoms with van der Waals surface area (Å²) in [5, 5.41) is 0. The third-order valence-electron chi connectivity index (χ3n) is 15.6. The molecule has 0 radical (unpaired) electrons. The van der Waals surface area contributed by atoms with Crippen molar-refractivity contribution in [3.05, 3.63) is 0 Å². The second-order valence-electron chi connectivity index (χ2n) is 22.1. The van der Waals surface area contributed by atoms with Crippen molar-refractivity contribution >= 4 is 17.9 Å². The van der Waals surface area contributed by atoms with Crippen LogP contribution in [0.3, 0.4) is 0 Å². The lowest BCUT2D eigenvalue weighted by atomic mass is 9.96. The Kier molecular flexibility index (Phi) is 29.1. The monoisotopic (exact) mass is 975 g/mol. The van der Waals surface area contributed by atoms with E-state index in [0.717, 1.165) is 128 Å². The minimum atomic E-state index is -0.808. The lowest BCUT2D eigenvalue weighted by Gasteiger charge is -2.18. The Balaban J connectivity index is 0.866. The van der Waals surface area contributed by atoms with Crippen molar-refractivity contribution in [2.75, 3.05) is 13.2 Å². The number of esters is 3. The molecule has 0 saturated carbocycles. The highest BCUT2D eigenvalue weighted by molar-refractivity contribution is 5.71. The molecule has 5 heterocycles. The van der Waals surface area contributed by atoms with Crippen LogP contribution in [-0.4, -0.2) is 98.3 Å². The van der Waals surface area contributed by atoms with E-state index in [-0.39, 0.29) is 31.1 Å². The number of carbonyl (C=O) groups is 3. The summed E-state index contributed by atoms with van der Waals surface area (Å²) in [6, 6.07) is 0. The van der Waals surface area contributed by atoms with Crippen LogP contribution in [0.15, 0.2) is 0 Å². The molecule has 0 aromatic heterocycles. The molecule has 0 N–H and O–H groups in total. The molecule has 11 nitrogen and oxygen atoms in total. The van der Waals surface area contributed by atoms with Crippen LogP contribution in [-0.2, 0) is 52.3 Å². The van der Waals surface area contributed by atoms with E-state index in [9.17, 15) is 14.4 Å². The van der Waals surface area contributed by atoms with Crippen molar-refractivity contribution in [2.24, 2.45) is 5.92 Å². The number of carbonyl (C=O) groups excluding carboxylic acids is 3. The molecular formula is C58H102O11. The molecule has 5 fully saturated rings. The maximum absolute atomic E-state index is 12.9. The molecule has 0 amide bonds. The van der Waals surface area contributed by atoms with Crippen molar-refractivity contribution in [1.29, 1.82) is 0 Å². The van der Waals surface area contributed by atoms with Gasteiger partial charge in [0.2, 0.25) is 0 Å². The van der Waals surface area contributed by atoms with Gasteiger partial charge < -0.3 is 37.9 Å². The first-order valence-electron chi connectivity index (χ1n) is 29.5. The van der Waals surface area contributed by atoms with Crippen LogP contribution >= 0.6 is 0 Å². The summed E-state index contributed by atoms with van der Waals surface area (Å²) in [5.41, 5.74) is 0. The Labute approximate surface area is 420 Å². The first-order valence-corrected chi connectivity index (χ1v) is 29.5. The minimum absolute atomic E-state index is 0.103. The average molecular weight is 975 g/mol. The molecule has 69 heavy (non-hydrogen) atoms. The van der Waals surface area contributed by atoms with Gasteiger partial charge >= 0.3 is 17.9 Å². The fourth-order valence-corrected chi connectivity index (χ4v) is 10.6. The van der Waals surface area contributed by atoms with Crippen LogP contribution in [0.25, 0.3) is 0 Å². The Morgan fingerprint density at radius 1 is 0.391 bits per heavy atom. The molecule has 12 unspecified atom stereocenters. The molecule has 0 bridgehead atoms. The first-order chi connectivity index (χ1) is 33.8. The Morgan fingerprint density at radius 3 is 1.19 bits per heavy atom. The SMILES string of the molecule is CCCCCCCCC1OC1CCCCCCCC(=O)OC(COC(=O)CCCCCCCC1OC1CCC(C)CC1OC1CC)COC(=O)CCCCCCCC1OC1CC1OC1CCCCC. The van der Waals surface area contributed by atoms with Crippen LogP contribution in [0.2, 0.25) is 0 Å². The van der Waals surface area contributed by atoms with Crippen LogP contribution in [0.5, 0.6) is 0 Å². The smallest absolute Gasteiger partial charge is 0.306 e. The number of hydrogen-bond acceptors (Lipinski definition) is 11. The maximum atomic E-state index is 12.9. The quantitative estimate of drug-likeness (QED) is 0.0249. The summed E-state index contributed by atoms with van der Waals surface area (Å²) in [6.07, 6.45) is 43.2. The van der Waals surface area contributed by atoms with Crippen LogP contribution in [0.1, 0.15) is 265 Å². The second-order valence-corrected chi connectivity index (χ2v) is 22.1. The van der Waals surface area contributed by atoms with E-state index in [2.05, 4.69) is 27.7 Å². The molecule has 0 aliphatic carbocycles. The van der Waals surface area contributed by atoms with E-state index in [1.54, 1.807) is 0 Å².